The van der Waals surface area contributed by atoms with Crippen LogP contribution in [0.1, 0.15) is 0 Å². The second-order valence-corrected chi connectivity index (χ2v) is 4.80. The number of rotatable bonds is 1. The number of nitrogens with zero attached hydrogens (tertiary/aromatic N) is 1. The fraction of sp³-hybridized carbons (Fsp3) is 0. The lowest BCUT2D eigenvalue weighted by molar-refractivity contribution is 0.614. The third kappa shape index (κ3) is 2.03. The molecule has 3 rings (SSSR count). The Labute approximate surface area is 117 Å². The first-order chi connectivity index (χ1) is 9.06. The molecule has 0 saturated heterocycles. The molecule has 19 heavy (non-hydrogen) atoms. The van der Waals surface area contributed by atoms with Crippen LogP contribution in [0, 0.1) is 5.82 Å². The number of anilines is 1. The van der Waals surface area contributed by atoms with E-state index in [1.165, 1.54) is 12.1 Å². The average molecular weight is 297 g/mol. The van der Waals surface area contributed by atoms with E-state index < -0.39 is 5.82 Å². The Morgan fingerprint density at radius 1 is 1.21 bits per heavy atom. The second-order valence-electron chi connectivity index (χ2n) is 3.96. The molecule has 0 aliphatic rings. The number of nitrogens with two attached hydrogens (primary N) is 1. The van der Waals surface area contributed by atoms with Gasteiger partial charge in [0.1, 0.15) is 11.3 Å². The van der Waals surface area contributed by atoms with E-state index >= 15 is 0 Å². The van der Waals surface area contributed by atoms with Crippen LogP contribution in [0.25, 0.3) is 22.6 Å². The topological polar surface area (TPSA) is 52.0 Å². The van der Waals surface area contributed by atoms with E-state index in [0.717, 1.165) is 0 Å². The van der Waals surface area contributed by atoms with Crippen molar-refractivity contribution in [3.8, 4) is 11.5 Å². The lowest BCUT2D eigenvalue weighted by atomic mass is 10.2. The van der Waals surface area contributed by atoms with Crippen LogP contribution >= 0.6 is 23.2 Å². The molecule has 1 heterocycles. The van der Waals surface area contributed by atoms with Gasteiger partial charge in [-0.3, -0.25) is 0 Å². The number of fused-ring (bicyclic) bond motifs is 1. The first-order valence-corrected chi connectivity index (χ1v) is 6.12. The Morgan fingerprint density at radius 2 is 2.00 bits per heavy atom. The Bertz CT molecular complexity index is 786. The Kier molecular flexibility index (Phi) is 2.84. The summed E-state index contributed by atoms with van der Waals surface area (Å²) < 4.78 is 18.9. The number of hydrogen-bond donors (Lipinski definition) is 1. The number of oxazole rings is 1. The largest absolute Gasteiger partial charge is 0.434 e. The molecule has 96 valence electrons. The van der Waals surface area contributed by atoms with Gasteiger partial charge in [-0.15, -0.1) is 0 Å². The van der Waals surface area contributed by atoms with Gasteiger partial charge in [-0.2, -0.15) is 0 Å². The smallest absolute Gasteiger partial charge is 0.229 e. The SMILES string of the molecule is Nc1c(F)cccc1-c1nc2cc(Cl)cc(Cl)c2o1. The zero-order chi connectivity index (χ0) is 13.6. The van der Waals surface area contributed by atoms with Crippen molar-refractivity contribution < 1.29 is 8.81 Å². The molecule has 0 bridgehead atoms. The van der Waals surface area contributed by atoms with Crippen molar-refractivity contribution in [2.45, 2.75) is 0 Å². The molecule has 0 radical (unpaired) electrons. The number of benzene rings is 2. The Balaban J connectivity index is 2.26. The maximum absolute atomic E-state index is 13.4. The summed E-state index contributed by atoms with van der Waals surface area (Å²) in [4.78, 5) is 4.22. The molecule has 0 aliphatic carbocycles. The minimum atomic E-state index is -0.524. The standard InChI is InChI=1S/C13H7Cl2FN2O/c14-6-4-8(15)12-10(5-6)18-13(19-12)7-2-1-3-9(16)11(7)17/h1-5H,17H2. The van der Waals surface area contributed by atoms with E-state index in [1.54, 1.807) is 18.2 Å². The summed E-state index contributed by atoms with van der Waals surface area (Å²) >= 11 is 11.9. The number of aromatic nitrogens is 1. The summed E-state index contributed by atoms with van der Waals surface area (Å²) in [6.07, 6.45) is 0. The predicted octanol–water partition coefficient (Wildman–Crippen LogP) is 4.52. The van der Waals surface area contributed by atoms with Gasteiger partial charge in [-0.05, 0) is 24.3 Å². The first kappa shape index (κ1) is 12.3. The quantitative estimate of drug-likeness (QED) is 0.672. The highest BCUT2D eigenvalue weighted by Crippen LogP contribution is 2.34. The fourth-order valence-corrected chi connectivity index (χ4v) is 2.32. The molecule has 0 aliphatic heterocycles. The molecule has 2 aromatic carbocycles. The number of para-hydroxylation sites is 1. The molecule has 3 aromatic rings. The molecule has 0 atom stereocenters. The normalized spacial score (nSPS) is 11.1. The van der Waals surface area contributed by atoms with Crippen molar-refractivity contribution in [2.75, 3.05) is 5.73 Å². The Morgan fingerprint density at radius 3 is 2.79 bits per heavy atom. The summed E-state index contributed by atoms with van der Waals surface area (Å²) in [6.45, 7) is 0. The fourth-order valence-electron chi connectivity index (χ4n) is 1.80. The van der Waals surface area contributed by atoms with Gasteiger partial charge in [0.05, 0.1) is 16.3 Å². The van der Waals surface area contributed by atoms with Gasteiger partial charge in [0.25, 0.3) is 0 Å². The lowest BCUT2D eigenvalue weighted by Gasteiger charge is -2.01. The van der Waals surface area contributed by atoms with Crippen LogP contribution in [-0.2, 0) is 0 Å². The van der Waals surface area contributed by atoms with E-state index in [1.807, 2.05) is 0 Å². The number of hydrogen-bond acceptors (Lipinski definition) is 3. The van der Waals surface area contributed by atoms with E-state index in [9.17, 15) is 4.39 Å². The van der Waals surface area contributed by atoms with E-state index in [2.05, 4.69) is 4.98 Å². The molecule has 0 spiro atoms. The minimum absolute atomic E-state index is 0.0173. The van der Waals surface area contributed by atoms with Crippen LogP contribution in [0.2, 0.25) is 10.0 Å². The first-order valence-electron chi connectivity index (χ1n) is 5.36. The predicted molar refractivity (Wildman–Crippen MR) is 73.8 cm³/mol. The van der Waals surface area contributed by atoms with Crippen molar-refractivity contribution >= 4 is 40.0 Å². The van der Waals surface area contributed by atoms with Gasteiger partial charge in [0.15, 0.2) is 5.58 Å². The summed E-state index contributed by atoms with van der Waals surface area (Å²) in [5.41, 5.74) is 6.92. The van der Waals surface area contributed by atoms with Crippen LogP contribution in [0.4, 0.5) is 10.1 Å². The van der Waals surface area contributed by atoms with Gasteiger partial charge >= 0.3 is 0 Å². The highest BCUT2D eigenvalue weighted by molar-refractivity contribution is 6.38. The zero-order valence-corrected chi connectivity index (χ0v) is 11.0. The van der Waals surface area contributed by atoms with Crippen LogP contribution in [0.5, 0.6) is 0 Å². The monoisotopic (exact) mass is 296 g/mol. The highest BCUT2D eigenvalue weighted by atomic mass is 35.5. The zero-order valence-electron chi connectivity index (χ0n) is 9.45. The molecule has 0 saturated carbocycles. The van der Waals surface area contributed by atoms with Gasteiger partial charge in [0, 0.05) is 5.02 Å². The number of nitrogen functional groups attached to an aromatic ring is 1. The third-order valence-corrected chi connectivity index (χ3v) is 3.19. The lowest BCUT2D eigenvalue weighted by Crippen LogP contribution is -1.93. The van der Waals surface area contributed by atoms with Crippen LogP contribution in [0.15, 0.2) is 34.7 Å². The van der Waals surface area contributed by atoms with Crippen molar-refractivity contribution in [1.29, 1.82) is 0 Å². The maximum atomic E-state index is 13.4. The molecule has 2 N–H and O–H groups in total. The Hall–Kier alpha value is -1.78. The molecule has 1 aromatic heterocycles. The van der Waals surface area contributed by atoms with E-state index in [-0.39, 0.29) is 11.6 Å². The van der Waals surface area contributed by atoms with Crippen molar-refractivity contribution in [1.82, 2.24) is 4.98 Å². The summed E-state index contributed by atoms with van der Waals surface area (Å²) in [6, 6.07) is 7.59. The molecule has 0 amide bonds. The maximum Gasteiger partial charge on any atom is 0.229 e. The van der Waals surface area contributed by atoms with Crippen LogP contribution < -0.4 is 5.73 Å². The van der Waals surface area contributed by atoms with Crippen LogP contribution in [-0.4, -0.2) is 4.98 Å². The molecular formula is C13H7Cl2FN2O. The summed E-state index contributed by atoms with van der Waals surface area (Å²) in [5.74, 6) is -0.319. The highest BCUT2D eigenvalue weighted by Gasteiger charge is 2.15. The molecule has 0 unspecified atom stereocenters. The van der Waals surface area contributed by atoms with E-state index in [4.69, 9.17) is 33.4 Å². The van der Waals surface area contributed by atoms with Gasteiger partial charge in [-0.25, -0.2) is 9.37 Å². The van der Waals surface area contributed by atoms with Gasteiger partial charge in [-0.1, -0.05) is 29.3 Å². The minimum Gasteiger partial charge on any atom is -0.434 e. The van der Waals surface area contributed by atoms with Crippen molar-refractivity contribution in [3.05, 3.63) is 46.2 Å². The molecule has 6 heteroatoms. The second kappa shape index (κ2) is 4.40. The van der Waals surface area contributed by atoms with Crippen molar-refractivity contribution in [3.63, 3.8) is 0 Å². The van der Waals surface area contributed by atoms with Crippen molar-refractivity contribution in [2.24, 2.45) is 0 Å². The molecular weight excluding hydrogens is 290 g/mol. The molecule has 0 fully saturated rings. The summed E-state index contributed by atoms with van der Waals surface area (Å²) in [5, 5.41) is 0.792. The average Bonchev–Trinajstić information content (AvgIpc) is 2.76. The van der Waals surface area contributed by atoms with Gasteiger partial charge < -0.3 is 10.2 Å². The van der Waals surface area contributed by atoms with Crippen LogP contribution in [0.3, 0.4) is 0 Å². The summed E-state index contributed by atoms with van der Waals surface area (Å²) in [7, 11) is 0. The number of halogens is 3. The van der Waals surface area contributed by atoms with E-state index in [0.29, 0.717) is 26.7 Å². The third-order valence-electron chi connectivity index (χ3n) is 2.69. The van der Waals surface area contributed by atoms with Gasteiger partial charge in [0.2, 0.25) is 5.89 Å². The molecule has 3 nitrogen and oxygen atoms in total.